The van der Waals surface area contributed by atoms with Crippen molar-refractivity contribution in [1.29, 1.82) is 0 Å². The quantitative estimate of drug-likeness (QED) is 0.853. The van der Waals surface area contributed by atoms with E-state index in [9.17, 15) is 9.18 Å². The number of carboxylic acid groups (broad SMARTS) is 1. The maximum absolute atomic E-state index is 13.6. The van der Waals surface area contributed by atoms with Crippen LogP contribution in [0.1, 0.15) is 24.4 Å². The fourth-order valence-corrected chi connectivity index (χ4v) is 1.77. The third kappa shape index (κ3) is 3.31. The number of carbonyl (C=O) groups is 1. The predicted octanol–water partition coefficient (Wildman–Crippen LogP) is 2.35. The molecular weight excluding hydrogens is 249 g/mol. The van der Waals surface area contributed by atoms with Crippen molar-refractivity contribution < 1.29 is 19.0 Å². The fourth-order valence-electron chi connectivity index (χ4n) is 1.53. The van der Waals surface area contributed by atoms with Crippen LogP contribution in [0.4, 0.5) is 4.39 Å². The summed E-state index contributed by atoms with van der Waals surface area (Å²) in [6.45, 7) is 0. The maximum atomic E-state index is 13.6. The molecule has 17 heavy (non-hydrogen) atoms. The first-order chi connectivity index (χ1) is 7.97. The first-order valence-corrected chi connectivity index (χ1v) is 5.34. The summed E-state index contributed by atoms with van der Waals surface area (Å²) < 4.78 is 18.6. The number of carboxylic acids is 1. The van der Waals surface area contributed by atoms with Crippen LogP contribution in [0.2, 0.25) is 5.02 Å². The normalized spacial score (nSPS) is 12.2. The van der Waals surface area contributed by atoms with Crippen molar-refractivity contribution >= 4 is 17.6 Å². The summed E-state index contributed by atoms with van der Waals surface area (Å²) in [6, 6.07) is 1.78. The number of rotatable bonds is 5. The van der Waals surface area contributed by atoms with Crippen LogP contribution in [-0.2, 0) is 4.79 Å². The number of hydrogen-bond donors (Lipinski definition) is 2. The van der Waals surface area contributed by atoms with E-state index in [4.69, 9.17) is 27.2 Å². The lowest BCUT2D eigenvalue weighted by molar-refractivity contribution is -0.137. The van der Waals surface area contributed by atoms with E-state index in [-0.39, 0.29) is 29.2 Å². The number of hydrogen-bond acceptors (Lipinski definition) is 3. The zero-order valence-electron chi connectivity index (χ0n) is 9.24. The van der Waals surface area contributed by atoms with Crippen molar-refractivity contribution in [1.82, 2.24) is 0 Å². The van der Waals surface area contributed by atoms with Crippen LogP contribution in [0.25, 0.3) is 0 Å². The highest BCUT2D eigenvalue weighted by atomic mass is 35.5. The summed E-state index contributed by atoms with van der Waals surface area (Å²) in [4.78, 5) is 10.4. The molecule has 0 bridgehead atoms. The highest BCUT2D eigenvalue weighted by Crippen LogP contribution is 2.35. The Balaban J connectivity index is 3.02. The molecule has 0 radical (unpaired) electrons. The molecule has 3 N–H and O–H groups in total. The van der Waals surface area contributed by atoms with Gasteiger partial charge < -0.3 is 15.6 Å². The summed E-state index contributed by atoms with van der Waals surface area (Å²) in [7, 11) is 1.36. The van der Waals surface area contributed by atoms with E-state index in [2.05, 4.69) is 0 Å². The van der Waals surface area contributed by atoms with Gasteiger partial charge in [0, 0.05) is 18.0 Å². The molecule has 0 saturated carbocycles. The van der Waals surface area contributed by atoms with Gasteiger partial charge in [-0.15, -0.1) is 0 Å². The number of halogens is 2. The van der Waals surface area contributed by atoms with Gasteiger partial charge in [0.2, 0.25) is 0 Å². The van der Waals surface area contributed by atoms with Crippen molar-refractivity contribution in [2.45, 2.75) is 18.9 Å². The van der Waals surface area contributed by atoms with Crippen LogP contribution in [0.3, 0.4) is 0 Å². The monoisotopic (exact) mass is 261 g/mol. The lowest BCUT2D eigenvalue weighted by Gasteiger charge is -2.16. The van der Waals surface area contributed by atoms with Crippen molar-refractivity contribution in [2.24, 2.45) is 5.73 Å². The van der Waals surface area contributed by atoms with Crippen molar-refractivity contribution in [2.75, 3.05) is 7.11 Å². The molecule has 1 aromatic rings. The molecule has 0 amide bonds. The molecule has 4 nitrogen and oxygen atoms in total. The van der Waals surface area contributed by atoms with E-state index < -0.39 is 17.8 Å². The van der Waals surface area contributed by atoms with Crippen LogP contribution in [0.5, 0.6) is 5.75 Å². The van der Waals surface area contributed by atoms with Gasteiger partial charge in [-0.05, 0) is 18.6 Å². The Labute approximate surface area is 103 Å². The van der Waals surface area contributed by atoms with Crippen LogP contribution >= 0.6 is 11.6 Å². The van der Waals surface area contributed by atoms with Gasteiger partial charge in [0.15, 0.2) is 0 Å². The largest absolute Gasteiger partial charge is 0.495 e. The van der Waals surface area contributed by atoms with Crippen molar-refractivity contribution in [3.05, 3.63) is 28.5 Å². The van der Waals surface area contributed by atoms with E-state index >= 15 is 0 Å². The first kappa shape index (κ1) is 13.7. The Bertz CT molecular complexity index is 425. The highest BCUT2D eigenvalue weighted by Gasteiger charge is 2.20. The minimum atomic E-state index is -0.984. The smallest absolute Gasteiger partial charge is 0.303 e. The van der Waals surface area contributed by atoms with Gasteiger partial charge in [0.1, 0.15) is 11.6 Å². The van der Waals surface area contributed by atoms with Gasteiger partial charge >= 0.3 is 5.97 Å². The van der Waals surface area contributed by atoms with E-state index in [0.29, 0.717) is 0 Å². The Kier molecular flexibility index (Phi) is 4.72. The Hall–Kier alpha value is -1.33. The second-order valence-corrected chi connectivity index (χ2v) is 3.92. The van der Waals surface area contributed by atoms with Crippen molar-refractivity contribution in [3.63, 3.8) is 0 Å². The summed E-state index contributed by atoms with van der Waals surface area (Å²) in [5.74, 6) is -1.38. The molecule has 6 heteroatoms. The molecule has 1 rings (SSSR count). The van der Waals surface area contributed by atoms with Gasteiger partial charge in [-0.25, -0.2) is 4.39 Å². The summed E-state index contributed by atoms with van der Waals surface area (Å²) in [6.07, 6.45) is -0.0285. The van der Waals surface area contributed by atoms with E-state index in [0.717, 1.165) is 0 Å². The van der Waals surface area contributed by atoms with Gasteiger partial charge in [0.25, 0.3) is 0 Å². The molecular formula is C11H13ClFNO3. The third-order valence-electron chi connectivity index (χ3n) is 2.34. The molecule has 0 saturated heterocycles. The molecule has 1 aromatic carbocycles. The molecule has 0 spiro atoms. The summed E-state index contributed by atoms with van der Waals surface area (Å²) in [5.41, 5.74) is 5.86. The number of aliphatic carboxylic acids is 1. The minimum absolute atomic E-state index is 0.112. The lowest BCUT2D eigenvalue weighted by Crippen LogP contribution is -2.15. The molecule has 94 valence electrons. The minimum Gasteiger partial charge on any atom is -0.495 e. The first-order valence-electron chi connectivity index (χ1n) is 4.96. The standard InChI is InChI=1S/C11H13ClFNO3/c1-17-11-6(12)2-3-7(13)10(11)8(14)4-5-9(15)16/h2-3,8H,4-5,14H2,1H3,(H,15,16). The Morgan fingerprint density at radius 1 is 1.65 bits per heavy atom. The van der Waals surface area contributed by atoms with E-state index in [1.807, 2.05) is 0 Å². The molecule has 0 aliphatic heterocycles. The van der Waals surface area contributed by atoms with Gasteiger partial charge in [0.05, 0.1) is 12.1 Å². The average Bonchev–Trinajstić information content (AvgIpc) is 2.28. The van der Waals surface area contributed by atoms with Gasteiger partial charge in [-0.1, -0.05) is 11.6 Å². The molecule has 0 heterocycles. The van der Waals surface area contributed by atoms with E-state index in [1.165, 1.54) is 19.2 Å². The second kappa shape index (κ2) is 5.84. The molecule has 0 aliphatic rings. The Morgan fingerprint density at radius 2 is 2.29 bits per heavy atom. The maximum Gasteiger partial charge on any atom is 0.303 e. The average molecular weight is 262 g/mol. The number of methoxy groups -OCH3 is 1. The molecule has 0 aromatic heterocycles. The lowest BCUT2D eigenvalue weighted by atomic mass is 10.0. The van der Waals surface area contributed by atoms with Gasteiger partial charge in [-0.3, -0.25) is 4.79 Å². The molecule has 1 atom stereocenters. The summed E-state index contributed by atoms with van der Waals surface area (Å²) >= 11 is 5.84. The van der Waals surface area contributed by atoms with Gasteiger partial charge in [-0.2, -0.15) is 0 Å². The molecule has 0 fully saturated rings. The van der Waals surface area contributed by atoms with Crippen molar-refractivity contribution in [3.8, 4) is 5.75 Å². The number of ether oxygens (including phenoxy) is 1. The highest BCUT2D eigenvalue weighted by molar-refractivity contribution is 6.32. The van der Waals surface area contributed by atoms with E-state index in [1.54, 1.807) is 0 Å². The summed E-state index contributed by atoms with van der Waals surface area (Å²) in [5, 5.41) is 8.80. The number of benzene rings is 1. The van der Waals surface area contributed by atoms with Crippen LogP contribution < -0.4 is 10.5 Å². The Morgan fingerprint density at radius 3 is 2.82 bits per heavy atom. The van der Waals surface area contributed by atoms with Crippen LogP contribution in [-0.4, -0.2) is 18.2 Å². The molecule has 0 aliphatic carbocycles. The van der Waals surface area contributed by atoms with Crippen LogP contribution in [0.15, 0.2) is 12.1 Å². The fraction of sp³-hybridized carbons (Fsp3) is 0.364. The number of nitrogens with two attached hydrogens (primary N) is 1. The second-order valence-electron chi connectivity index (χ2n) is 3.52. The van der Waals surface area contributed by atoms with Crippen LogP contribution in [0, 0.1) is 5.82 Å². The molecule has 1 unspecified atom stereocenters. The zero-order chi connectivity index (χ0) is 13.0. The zero-order valence-corrected chi connectivity index (χ0v) is 10.00. The third-order valence-corrected chi connectivity index (χ3v) is 2.64. The SMILES string of the molecule is COc1c(Cl)ccc(F)c1C(N)CCC(=O)O. The predicted molar refractivity (Wildman–Crippen MR) is 61.8 cm³/mol. The topological polar surface area (TPSA) is 72.5 Å².